The number of carbonyl (C=O) groups is 2. The van der Waals surface area contributed by atoms with E-state index in [9.17, 15) is 9.59 Å². The second-order valence-corrected chi connectivity index (χ2v) is 4.81. The molecule has 1 amide bonds. The second kappa shape index (κ2) is 7.30. The van der Waals surface area contributed by atoms with Crippen molar-refractivity contribution in [2.45, 2.75) is 51.9 Å². The first-order chi connectivity index (χ1) is 8.13. The Bertz CT molecular complexity index is 259. The number of aliphatic carboxylic acids is 1. The molecule has 0 spiro atoms. The maximum absolute atomic E-state index is 11.9. The number of hydrogen-bond acceptors (Lipinski definition) is 2. The number of carbonyl (C=O) groups excluding carboxylic acids is 1. The normalized spacial score (nSPS) is 16.1. The van der Waals surface area contributed by atoms with E-state index in [0.717, 1.165) is 12.3 Å². The van der Waals surface area contributed by atoms with E-state index >= 15 is 0 Å². The zero-order chi connectivity index (χ0) is 12.7. The number of carboxylic acids is 1. The molecule has 1 saturated carbocycles. The monoisotopic (exact) mass is 241 g/mol. The number of hydrogen-bond donors (Lipinski definition) is 1. The highest BCUT2D eigenvalue weighted by molar-refractivity contribution is 5.77. The molecular formula is C13H23NO3. The average molecular weight is 241 g/mol. The third kappa shape index (κ3) is 5.20. The van der Waals surface area contributed by atoms with E-state index in [1.807, 2.05) is 6.92 Å². The molecule has 0 heterocycles. The van der Waals surface area contributed by atoms with Crippen molar-refractivity contribution in [2.75, 3.05) is 13.1 Å². The fraction of sp³-hybridized carbons (Fsp3) is 0.846. The van der Waals surface area contributed by atoms with E-state index in [1.54, 1.807) is 4.90 Å². The van der Waals surface area contributed by atoms with Gasteiger partial charge in [-0.2, -0.15) is 0 Å². The minimum atomic E-state index is -0.841. The Morgan fingerprint density at radius 1 is 1.24 bits per heavy atom. The lowest BCUT2D eigenvalue weighted by Gasteiger charge is -2.20. The third-order valence-electron chi connectivity index (χ3n) is 3.57. The summed E-state index contributed by atoms with van der Waals surface area (Å²) >= 11 is 0. The molecule has 17 heavy (non-hydrogen) atoms. The van der Waals surface area contributed by atoms with Gasteiger partial charge >= 0.3 is 5.97 Å². The van der Waals surface area contributed by atoms with Crippen LogP contribution in [0.3, 0.4) is 0 Å². The highest BCUT2D eigenvalue weighted by Gasteiger charge is 2.18. The molecule has 0 saturated heterocycles. The number of carboxylic acid groups (broad SMARTS) is 1. The van der Waals surface area contributed by atoms with Gasteiger partial charge in [0.15, 0.2) is 0 Å². The van der Waals surface area contributed by atoms with Crippen molar-refractivity contribution in [3.8, 4) is 0 Å². The van der Waals surface area contributed by atoms with Crippen LogP contribution in [0, 0.1) is 5.92 Å². The molecule has 0 aromatic heterocycles. The van der Waals surface area contributed by atoms with Crippen LogP contribution in [0.1, 0.15) is 51.9 Å². The van der Waals surface area contributed by atoms with Crippen LogP contribution in [-0.2, 0) is 9.59 Å². The summed E-state index contributed by atoms with van der Waals surface area (Å²) in [6, 6.07) is 0. The highest BCUT2D eigenvalue weighted by Crippen LogP contribution is 2.28. The molecule has 0 aromatic rings. The first-order valence-electron chi connectivity index (χ1n) is 6.63. The van der Waals surface area contributed by atoms with Crippen LogP contribution in [0.5, 0.6) is 0 Å². The van der Waals surface area contributed by atoms with Crippen LogP contribution in [0.2, 0.25) is 0 Å². The lowest BCUT2D eigenvalue weighted by molar-refractivity contribution is -0.138. The molecule has 0 radical (unpaired) electrons. The molecule has 1 aliphatic carbocycles. The van der Waals surface area contributed by atoms with Gasteiger partial charge < -0.3 is 10.0 Å². The van der Waals surface area contributed by atoms with Gasteiger partial charge in [0.25, 0.3) is 0 Å². The summed E-state index contributed by atoms with van der Waals surface area (Å²) in [6.45, 7) is 2.85. The van der Waals surface area contributed by atoms with Gasteiger partial charge in [0.1, 0.15) is 0 Å². The molecule has 0 bridgehead atoms. The Kier molecular flexibility index (Phi) is 6.01. The minimum absolute atomic E-state index is 0.0447. The molecule has 1 N–H and O–H groups in total. The fourth-order valence-electron chi connectivity index (χ4n) is 2.47. The van der Waals surface area contributed by atoms with Gasteiger partial charge in [-0.15, -0.1) is 0 Å². The van der Waals surface area contributed by atoms with Gasteiger partial charge in [0.05, 0.1) is 6.42 Å². The van der Waals surface area contributed by atoms with Crippen LogP contribution < -0.4 is 0 Å². The Morgan fingerprint density at radius 3 is 2.41 bits per heavy atom. The van der Waals surface area contributed by atoms with E-state index in [-0.39, 0.29) is 12.3 Å². The lowest BCUT2D eigenvalue weighted by Crippen LogP contribution is -2.32. The quantitative estimate of drug-likeness (QED) is 0.744. The van der Waals surface area contributed by atoms with Crippen LogP contribution >= 0.6 is 0 Å². The topological polar surface area (TPSA) is 57.6 Å². The van der Waals surface area contributed by atoms with Crippen LogP contribution in [0.15, 0.2) is 0 Å². The molecule has 0 unspecified atom stereocenters. The maximum Gasteiger partial charge on any atom is 0.305 e. The van der Waals surface area contributed by atoms with Crippen LogP contribution in [0.25, 0.3) is 0 Å². The molecule has 0 aromatic carbocycles. The fourth-order valence-corrected chi connectivity index (χ4v) is 2.47. The third-order valence-corrected chi connectivity index (χ3v) is 3.57. The standard InChI is InChI=1S/C13H23NO3/c1-2-14(10-9-13(16)17)12(15)8-7-11-5-3-4-6-11/h11H,2-10H2,1H3,(H,16,17). The molecule has 1 fully saturated rings. The second-order valence-electron chi connectivity index (χ2n) is 4.81. The van der Waals surface area contributed by atoms with E-state index in [4.69, 9.17) is 5.11 Å². The Hall–Kier alpha value is -1.06. The summed E-state index contributed by atoms with van der Waals surface area (Å²) < 4.78 is 0. The predicted molar refractivity (Wildman–Crippen MR) is 65.7 cm³/mol. The van der Waals surface area contributed by atoms with Gasteiger partial charge in [-0.1, -0.05) is 25.7 Å². The van der Waals surface area contributed by atoms with Gasteiger partial charge in [-0.3, -0.25) is 9.59 Å². The summed E-state index contributed by atoms with van der Waals surface area (Å²) in [5.74, 6) is -0.00942. The van der Waals surface area contributed by atoms with E-state index in [1.165, 1.54) is 25.7 Å². The van der Waals surface area contributed by atoms with Crippen molar-refractivity contribution in [3.05, 3.63) is 0 Å². The van der Waals surface area contributed by atoms with Crippen molar-refractivity contribution in [1.82, 2.24) is 4.90 Å². The molecular weight excluding hydrogens is 218 g/mol. The summed E-state index contributed by atoms with van der Waals surface area (Å²) in [6.07, 6.45) is 6.72. The molecule has 0 aliphatic heterocycles. The number of rotatable bonds is 7. The molecule has 1 aliphatic rings. The molecule has 4 heteroatoms. The van der Waals surface area contributed by atoms with Crippen molar-refractivity contribution in [3.63, 3.8) is 0 Å². The van der Waals surface area contributed by atoms with Crippen molar-refractivity contribution in [2.24, 2.45) is 5.92 Å². The zero-order valence-corrected chi connectivity index (χ0v) is 10.7. The first-order valence-corrected chi connectivity index (χ1v) is 6.63. The van der Waals surface area contributed by atoms with E-state index in [0.29, 0.717) is 19.5 Å². The smallest absolute Gasteiger partial charge is 0.305 e. The van der Waals surface area contributed by atoms with E-state index < -0.39 is 5.97 Å². The van der Waals surface area contributed by atoms with Gasteiger partial charge in [-0.05, 0) is 19.3 Å². The first kappa shape index (κ1) is 14.0. The SMILES string of the molecule is CCN(CCC(=O)O)C(=O)CCC1CCCC1. The summed E-state index contributed by atoms with van der Waals surface area (Å²) in [5.41, 5.74) is 0. The largest absolute Gasteiger partial charge is 0.481 e. The van der Waals surface area contributed by atoms with Gasteiger partial charge in [0.2, 0.25) is 5.91 Å². The van der Waals surface area contributed by atoms with E-state index in [2.05, 4.69) is 0 Å². The summed E-state index contributed by atoms with van der Waals surface area (Å²) in [5, 5.41) is 8.60. The van der Waals surface area contributed by atoms with Crippen LogP contribution in [-0.4, -0.2) is 35.0 Å². The van der Waals surface area contributed by atoms with Crippen LogP contribution in [0.4, 0.5) is 0 Å². The summed E-state index contributed by atoms with van der Waals surface area (Å²) in [4.78, 5) is 24.0. The Balaban J connectivity index is 2.24. The maximum atomic E-state index is 11.9. The summed E-state index contributed by atoms with van der Waals surface area (Å²) in [7, 11) is 0. The highest BCUT2D eigenvalue weighted by atomic mass is 16.4. The Morgan fingerprint density at radius 2 is 1.88 bits per heavy atom. The predicted octanol–water partition coefficient (Wildman–Crippen LogP) is 2.28. The Labute approximate surface area is 103 Å². The molecule has 0 atom stereocenters. The van der Waals surface area contributed by atoms with Gasteiger partial charge in [-0.25, -0.2) is 0 Å². The molecule has 4 nitrogen and oxygen atoms in total. The van der Waals surface area contributed by atoms with Crippen molar-refractivity contribution >= 4 is 11.9 Å². The average Bonchev–Trinajstić information content (AvgIpc) is 2.79. The van der Waals surface area contributed by atoms with Gasteiger partial charge in [0, 0.05) is 19.5 Å². The molecule has 98 valence electrons. The van der Waals surface area contributed by atoms with Crippen molar-refractivity contribution < 1.29 is 14.7 Å². The minimum Gasteiger partial charge on any atom is -0.481 e. The van der Waals surface area contributed by atoms with Crippen molar-refractivity contribution in [1.29, 1.82) is 0 Å². The lowest BCUT2D eigenvalue weighted by atomic mass is 10.0. The number of amides is 1. The zero-order valence-electron chi connectivity index (χ0n) is 10.7. The number of nitrogens with zero attached hydrogens (tertiary/aromatic N) is 1. The molecule has 1 rings (SSSR count).